The van der Waals surface area contributed by atoms with Crippen LogP contribution in [0.5, 0.6) is 0 Å². The van der Waals surface area contributed by atoms with E-state index in [1.807, 2.05) is 23.8 Å². The molecular formula is C11H13N3S2. The molecule has 0 amide bonds. The monoisotopic (exact) mass is 251 g/mol. The summed E-state index contributed by atoms with van der Waals surface area (Å²) in [5.74, 6) is 1.62. The average Bonchev–Trinajstić information content (AvgIpc) is 2.68. The van der Waals surface area contributed by atoms with Crippen molar-refractivity contribution < 1.29 is 0 Å². The quantitative estimate of drug-likeness (QED) is 0.849. The van der Waals surface area contributed by atoms with Gasteiger partial charge in [0.05, 0.1) is 11.2 Å². The van der Waals surface area contributed by atoms with Crippen LogP contribution in [0.15, 0.2) is 28.7 Å². The summed E-state index contributed by atoms with van der Waals surface area (Å²) < 4.78 is 0. The molecule has 5 heteroatoms. The maximum atomic E-state index is 5.53. The molecule has 0 aliphatic carbocycles. The number of thioether (sulfide) groups is 1. The highest BCUT2D eigenvalue weighted by molar-refractivity contribution is 7.99. The van der Waals surface area contributed by atoms with Gasteiger partial charge in [0.15, 0.2) is 0 Å². The van der Waals surface area contributed by atoms with Crippen LogP contribution in [0.4, 0.5) is 5.82 Å². The van der Waals surface area contributed by atoms with Gasteiger partial charge in [-0.05, 0) is 25.5 Å². The fourth-order valence-electron chi connectivity index (χ4n) is 1.30. The van der Waals surface area contributed by atoms with E-state index in [1.54, 1.807) is 23.1 Å². The lowest BCUT2D eigenvalue weighted by Crippen LogP contribution is -1.90. The third-order valence-corrected chi connectivity index (χ3v) is 4.18. The lowest BCUT2D eigenvalue weighted by atomic mass is 10.3. The Labute approximate surface area is 103 Å². The van der Waals surface area contributed by atoms with E-state index in [4.69, 9.17) is 5.73 Å². The molecule has 0 bridgehead atoms. The molecule has 0 saturated carbocycles. The Bertz CT molecular complexity index is 451. The van der Waals surface area contributed by atoms with Crippen LogP contribution in [0.3, 0.4) is 0 Å². The van der Waals surface area contributed by atoms with E-state index in [0.29, 0.717) is 5.82 Å². The van der Waals surface area contributed by atoms with Crippen LogP contribution in [0.25, 0.3) is 0 Å². The number of nitrogen functional groups attached to an aromatic ring is 1. The predicted octanol–water partition coefficient (Wildman–Crippen LogP) is 2.76. The smallest absolute Gasteiger partial charge is 0.123 e. The zero-order valence-corrected chi connectivity index (χ0v) is 10.6. The lowest BCUT2D eigenvalue weighted by Gasteiger charge is -2.01. The second-order valence-electron chi connectivity index (χ2n) is 3.38. The van der Waals surface area contributed by atoms with Crippen molar-refractivity contribution in [1.29, 1.82) is 0 Å². The largest absolute Gasteiger partial charge is 0.384 e. The molecule has 2 aromatic rings. The molecule has 0 radical (unpaired) electrons. The third-order valence-electron chi connectivity index (χ3n) is 2.20. The number of aryl methyl sites for hydroxylation is 2. The standard InChI is InChI=1S/C11H13N3S2/c1-8-10(16-7-14-8)4-5-15-9-2-3-11(12)13-6-9/h2-3,6-7H,4-5H2,1H3,(H2,12,13). The summed E-state index contributed by atoms with van der Waals surface area (Å²) in [7, 11) is 0. The molecule has 3 nitrogen and oxygen atoms in total. The van der Waals surface area contributed by atoms with Gasteiger partial charge in [0.1, 0.15) is 5.82 Å². The Morgan fingerprint density at radius 3 is 2.88 bits per heavy atom. The summed E-state index contributed by atoms with van der Waals surface area (Å²) in [5.41, 5.74) is 8.58. The van der Waals surface area contributed by atoms with Crippen LogP contribution < -0.4 is 5.73 Å². The highest BCUT2D eigenvalue weighted by Gasteiger charge is 2.01. The van der Waals surface area contributed by atoms with Crippen molar-refractivity contribution in [3.8, 4) is 0 Å². The van der Waals surface area contributed by atoms with E-state index < -0.39 is 0 Å². The number of pyridine rings is 1. The van der Waals surface area contributed by atoms with E-state index >= 15 is 0 Å². The molecule has 2 rings (SSSR count). The summed E-state index contributed by atoms with van der Waals surface area (Å²) >= 11 is 3.52. The number of rotatable bonds is 4. The van der Waals surface area contributed by atoms with Crippen LogP contribution in [-0.4, -0.2) is 15.7 Å². The number of nitrogens with two attached hydrogens (primary N) is 1. The minimum atomic E-state index is 0.572. The first-order valence-electron chi connectivity index (χ1n) is 4.99. The van der Waals surface area contributed by atoms with E-state index in [9.17, 15) is 0 Å². The Morgan fingerprint density at radius 1 is 1.38 bits per heavy atom. The molecule has 0 atom stereocenters. The third kappa shape index (κ3) is 2.96. The van der Waals surface area contributed by atoms with Gasteiger partial charge in [-0.1, -0.05) is 0 Å². The van der Waals surface area contributed by atoms with Crippen molar-refractivity contribution >= 4 is 28.9 Å². The van der Waals surface area contributed by atoms with Gasteiger partial charge in [-0.2, -0.15) is 0 Å². The highest BCUT2D eigenvalue weighted by atomic mass is 32.2. The molecule has 2 aromatic heterocycles. The molecular weight excluding hydrogens is 238 g/mol. The molecule has 2 heterocycles. The van der Waals surface area contributed by atoms with Gasteiger partial charge in [-0.15, -0.1) is 23.1 Å². The zero-order valence-electron chi connectivity index (χ0n) is 9.01. The molecule has 0 saturated heterocycles. The minimum absolute atomic E-state index is 0.572. The van der Waals surface area contributed by atoms with Crippen molar-refractivity contribution in [3.63, 3.8) is 0 Å². The molecule has 0 fully saturated rings. The molecule has 0 aliphatic heterocycles. The zero-order chi connectivity index (χ0) is 11.4. The van der Waals surface area contributed by atoms with Gasteiger partial charge in [0, 0.05) is 21.7 Å². The topological polar surface area (TPSA) is 51.8 Å². The first-order valence-corrected chi connectivity index (χ1v) is 6.85. The predicted molar refractivity (Wildman–Crippen MR) is 69.9 cm³/mol. The minimum Gasteiger partial charge on any atom is -0.384 e. The number of aromatic nitrogens is 2. The van der Waals surface area contributed by atoms with Gasteiger partial charge >= 0.3 is 0 Å². The normalized spacial score (nSPS) is 10.6. The molecule has 0 spiro atoms. The fraction of sp³-hybridized carbons (Fsp3) is 0.273. The van der Waals surface area contributed by atoms with Crippen molar-refractivity contribution in [3.05, 3.63) is 34.4 Å². The van der Waals surface area contributed by atoms with E-state index in [1.165, 1.54) is 4.88 Å². The van der Waals surface area contributed by atoms with Gasteiger partial charge < -0.3 is 5.73 Å². The molecule has 0 aromatic carbocycles. The number of hydrogen-bond donors (Lipinski definition) is 1. The number of thiazole rings is 1. The summed E-state index contributed by atoms with van der Waals surface area (Å²) in [4.78, 5) is 10.8. The van der Waals surface area contributed by atoms with Crippen LogP contribution in [0.1, 0.15) is 10.6 Å². The van der Waals surface area contributed by atoms with E-state index in [2.05, 4.69) is 16.9 Å². The SMILES string of the molecule is Cc1ncsc1CCSc1ccc(N)nc1. The van der Waals surface area contributed by atoms with Crippen molar-refractivity contribution in [2.45, 2.75) is 18.2 Å². The molecule has 2 N–H and O–H groups in total. The Hall–Kier alpha value is -1.07. The van der Waals surface area contributed by atoms with E-state index in [-0.39, 0.29) is 0 Å². The van der Waals surface area contributed by atoms with Crippen LogP contribution in [-0.2, 0) is 6.42 Å². The van der Waals surface area contributed by atoms with Gasteiger partial charge in [-0.3, -0.25) is 0 Å². The maximum absolute atomic E-state index is 5.53. The first-order chi connectivity index (χ1) is 7.75. The number of nitrogens with zero attached hydrogens (tertiary/aromatic N) is 2. The average molecular weight is 251 g/mol. The molecule has 16 heavy (non-hydrogen) atoms. The van der Waals surface area contributed by atoms with Crippen LogP contribution in [0, 0.1) is 6.92 Å². The Kier molecular flexibility index (Phi) is 3.79. The van der Waals surface area contributed by atoms with Crippen LogP contribution in [0.2, 0.25) is 0 Å². The van der Waals surface area contributed by atoms with Crippen molar-refractivity contribution in [1.82, 2.24) is 9.97 Å². The molecule has 84 valence electrons. The lowest BCUT2D eigenvalue weighted by molar-refractivity contribution is 1.12. The second-order valence-corrected chi connectivity index (χ2v) is 5.49. The van der Waals surface area contributed by atoms with Gasteiger partial charge in [0.25, 0.3) is 0 Å². The van der Waals surface area contributed by atoms with Gasteiger partial charge in [0.2, 0.25) is 0 Å². The second kappa shape index (κ2) is 5.32. The van der Waals surface area contributed by atoms with Crippen LogP contribution >= 0.6 is 23.1 Å². The summed E-state index contributed by atoms with van der Waals surface area (Å²) in [5, 5.41) is 0. The Balaban J connectivity index is 1.84. The van der Waals surface area contributed by atoms with Crippen molar-refractivity contribution in [2.75, 3.05) is 11.5 Å². The number of anilines is 1. The Morgan fingerprint density at radius 2 is 2.25 bits per heavy atom. The fourth-order valence-corrected chi connectivity index (χ4v) is 3.05. The highest BCUT2D eigenvalue weighted by Crippen LogP contribution is 2.21. The van der Waals surface area contributed by atoms with Gasteiger partial charge in [-0.25, -0.2) is 9.97 Å². The maximum Gasteiger partial charge on any atom is 0.123 e. The summed E-state index contributed by atoms with van der Waals surface area (Å²) in [6.45, 7) is 2.06. The summed E-state index contributed by atoms with van der Waals surface area (Å²) in [6.07, 6.45) is 2.88. The first kappa shape index (κ1) is 11.4. The van der Waals surface area contributed by atoms with E-state index in [0.717, 1.165) is 22.8 Å². The number of hydrogen-bond acceptors (Lipinski definition) is 5. The van der Waals surface area contributed by atoms with Crippen molar-refractivity contribution in [2.24, 2.45) is 0 Å². The molecule has 0 unspecified atom stereocenters. The summed E-state index contributed by atoms with van der Waals surface area (Å²) in [6, 6.07) is 3.84. The molecule has 0 aliphatic rings.